The molecular weight excluding hydrogens is 456 g/mol. The Hall–Kier alpha value is -3.31. The van der Waals surface area contributed by atoms with Crippen LogP contribution in [-0.4, -0.2) is 48.8 Å². The van der Waals surface area contributed by atoms with Crippen LogP contribution in [0.2, 0.25) is 0 Å². The van der Waals surface area contributed by atoms with Crippen LogP contribution in [0, 0.1) is 20.8 Å². The maximum absolute atomic E-state index is 12.9. The topological polar surface area (TPSA) is 103 Å². The molecular formula is C22H23F2N3O5S. The Morgan fingerprint density at radius 2 is 1.85 bits per heavy atom. The first kappa shape index (κ1) is 24.3. The summed E-state index contributed by atoms with van der Waals surface area (Å²) in [6.07, 6.45) is 0. The number of aryl methyl sites for hydroxylation is 2. The number of thiazole rings is 1. The summed E-state index contributed by atoms with van der Waals surface area (Å²) in [7, 11) is 1.51. The fraction of sp³-hybridized carbons (Fsp3) is 0.318. The summed E-state index contributed by atoms with van der Waals surface area (Å²) in [5, 5.41) is 3.10. The summed E-state index contributed by atoms with van der Waals surface area (Å²) < 4.78 is 39.1. The van der Waals surface area contributed by atoms with Crippen molar-refractivity contribution in [1.82, 2.24) is 9.97 Å². The van der Waals surface area contributed by atoms with Gasteiger partial charge < -0.3 is 19.2 Å². The first-order chi connectivity index (χ1) is 15.7. The third-order valence-corrected chi connectivity index (χ3v) is 5.65. The van der Waals surface area contributed by atoms with Crippen LogP contribution in [0.3, 0.4) is 0 Å². The van der Waals surface area contributed by atoms with Gasteiger partial charge in [0.15, 0.2) is 5.13 Å². The Kier molecular flexibility index (Phi) is 7.77. The highest BCUT2D eigenvalue weighted by Crippen LogP contribution is 2.32. The Balaban J connectivity index is 1.75. The number of aromatic amines is 1. The van der Waals surface area contributed by atoms with Crippen molar-refractivity contribution in [1.29, 1.82) is 0 Å². The first-order valence-corrected chi connectivity index (χ1v) is 10.7. The van der Waals surface area contributed by atoms with Crippen LogP contribution < -0.4 is 10.1 Å². The number of halogens is 2. The van der Waals surface area contributed by atoms with Gasteiger partial charge in [0.1, 0.15) is 18.1 Å². The molecule has 0 fully saturated rings. The van der Waals surface area contributed by atoms with Crippen LogP contribution in [0.1, 0.15) is 37.0 Å². The van der Waals surface area contributed by atoms with Gasteiger partial charge in [-0.1, -0.05) is 0 Å². The number of nitrogens with one attached hydrogen (secondary N) is 2. The quantitative estimate of drug-likeness (QED) is 0.340. The Labute approximate surface area is 192 Å². The highest BCUT2D eigenvalue weighted by molar-refractivity contribution is 7.16. The monoisotopic (exact) mass is 479 g/mol. The minimum Gasteiger partial charge on any atom is -0.460 e. The number of anilines is 1. The molecule has 0 spiro atoms. The number of esters is 1. The molecule has 3 rings (SSSR count). The highest BCUT2D eigenvalue weighted by atomic mass is 32.1. The molecule has 3 aromatic rings. The highest BCUT2D eigenvalue weighted by Gasteiger charge is 2.24. The predicted molar refractivity (Wildman–Crippen MR) is 119 cm³/mol. The molecule has 0 bridgehead atoms. The van der Waals surface area contributed by atoms with Crippen molar-refractivity contribution < 1.29 is 32.6 Å². The molecule has 0 aliphatic carbocycles. The van der Waals surface area contributed by atoms with E-state index >= 15 is 0 Å². The minimum atomic E-state index is -2.90. The lowest BCUT2D eigenvalue weighted by molar-refractivity contribution is -0.0498. The molecule has 0 saturated heterocycles. The van der Waals surface area contributed by atoms with Gasteiger partial charge in [-0.15, -0.1) is 11.3 Å². The number of carbonyl (C=O) groups excluding carboxylic acids is 2. The number of carbonyl (C=O) groups is 2. The summed E-state index contributed by atoms with van der Waals surface area (Å²) in [6.45, 7) is 2.67. The number of amides is 1. The number of H-pyrrole nitrogens is 1. The molecule has 0 aliphatic rings. The van der Waals surface area contributed by atoms with Crippen molar-refractivity contribution >= 4 is 28.3 Å². The molecule has 1 aromatic carbocycles. The Morgan fingerprint density at radius 3 is 2.48 bits per heavy atom. The van der Waals surface area contributed by atoms with Gasteiger partial charge in [0, 0.05) is 23.2 Å². The molecule has 2 aromatic heterocycles. The molecule has 11 heteroatoms. The van der Waals surface area contributed by atoms with Gasteiger partial charge in [-0.25, -0.2) is 9.78 Å². The molecule has 2 N–H and O–H groups in total. The lowest BCUT2D eigenvalue weighted by Crippen LogP contribution is -2.14. The average molecular weight is 480 g/mol. The van der Waals surface area contributed by atoms with Gasteiger partial charge in [0.05, 0.1) is 17.9 Å². The van der Waals surface area contributed by atoms with Crippen molar-refractivity contribution in [3.05, 3.63) is 51.7 Å². The van der Waals surface area contributed by atoms with Gasteiger partial charge in [-0.2, -0.15) is 8.78 Å². The van der Waals surface area contributed by atoms with Gasteiger partial charge in [-0.3, -0.25) is 10.1 Å². The Morgan fingerprint density at radius 1 is 1.15 bits per heavy atom. The van der Waals surface area contributed by atoms with Crippen LogP contribution in [-0.2, 0) is 9.47 Å². The number of rotatable bonds is 9. The van der Waals surface area contributed by atoms with E-state index in [-0.39, 0.29) is 24.7 Å². The normalized spacial score (nSPS) is 11.0. The molecule has 2 heterocycles. The van der Waals surface area contributed by atoms with E-state index in [1.54, 1.807) is 26.0 Å². The third-order valence-electron chi connectivity index (χ3n) is 4.76. The number of aromatic nitrogens is 2. The fourth-order valence-corrected chi connectivity index (χ4v) is 4.08. The number of methoxy groups -OCH3 is 1. The molecule has 0 atom stereocenters. The first-order valence-electron chi connectivity index (χ1n) is 9.90. The zero-order valence-electron chi connectivity index (χ0n) is 18.5. The van der Waals surface area contributed by atoms with Gasteiger partial charge in [0.2, 0.25) is 0 Å². The van der Waals surface area contributed by atoms with Gasteiger partial charge in [0.25, 0.3) is 5.91 Å². The predicted octanol–water partition coefficient (Wildman–Crippen LogP) is 4.72. The summed E-state index contributed by atoms with van der Waals surface area (Å²) in [6, 6.07) is 6.09. The number of hydrogen-bond acceptors (Lipinski definition) is 7. The number of nitrogens with zero attached hydrogens (tertiary/aromatic N) is 1. The fourth-order valence-electron chi connectivity index (χ4n) is 3.24. The van der Waals surface area contributed by atoms with Crippen molar-refractivity contribution in [3.8, 4) is 17.0 Å². The molecule has 33 heavy (non-hydrogen) atoms. The zero-order chi connectivity index (χ0) is 24.1. The van der Waals surface area contributed by atoms with E-state index in [1.165, 1.54) is 30.6 Å². The lowest BCUT2D eigenvalue weighted by Gasteiger charge is -2.05. The molecule has 0 aliphatic heterocycles. The molecule has 176 valence electrons. The van der Waals surface area contributed by atoms with E-state index in [0.717, 1.165) is 4.88 Å². The second kappa shape index (κ2) is 10.5. The lowest BCUT2D eigenvalue weighted by atomic mass is 10.1. The van der Waals surface area contributed by atoms with E-state index in [9.17, 15) is 18.4 Å². The second-order valence-corrected chi connectivity index (χ2v) is 8.24. The summed E-state index contributed by atoms with van der Waals surface area (Å²) in [4.78, 5) is 33.4. The maximum atomic E-state index is 12.9. The van der Waals surface area contributed by atoms with E-state index < -0.39 is 18.5 Å². The van der Waals surface area contributed by atoms with Gasteiger partial charge in [-0.05, 0) is 50.6 Å². The summed E-state index contributed by atoms with van der Waals surface area (Å²) >= 11 is 1.27. The number of ether oxygens (including phenoxy) is 3. The van der Waals surface area contributed by atoms with E-state index in [2.05, 4.69) is 20.0 Å². The van der Waals surface area contributed by atoms with Crippen molar-refractivity contribution in [2.24, 2.45) is 0 Å². The molecule has 1 amide bonds. The third kappa shape index (κ3) is 5.74. The average Bonchev–Trinajstić information content (AvgIpc) is 3.26. The number of benzene rings is 1. The smallest absolute Gasteiger partial charge is 0.387 e. The number of hydrogen-bond donors (Lipinski definition) is 2. The van der Waals surface area contributed by atoms with Crippen molar-refractivity contribution in [2.75, 3.05) is 25.6 Å². The second-order valence-electron chi connectivity index (χ2n) is 7.03. The van der Waals surface area contributed by atoms with Crippen LogP contribution in [0.4, 0.5) is 13.9 Å². The summed E-state index contributed by atoms with van der Waals surface area (Å²) in [5.74, 6) is -0.944. The standard InChI is InChI=1S/C22H23F2N3O5S/c1-11-16(20(29)31-10-9-30-4)12(2)25-17(11)19(28)27-22-26-18(13(3)33-22)14-5-7-15(8-6-14)32-21(23)24/h5-8,21,25H,9-10H2,1-4H3,(H,26,27,28). The SMILES string of the molecule is COCCOC(=O)c1c(C)[nH]c(C(=O)Nc2nc(-c3ccc(OC(F)F)cc3)c(C)s2)c1C. The molecule has 0 unspecified atom stereocenters. The van der Waals surface area contributed by atoms with Crippen molar-refractivity contribution in [2.45, 2.75) is 27.4 Å². The van der Waals surface area contributed by atoms with E-state index in [4.69, 9.17) is 9.47 Å². The van der Waals surface area contributed by atoms with Crippen LogP contribution in [0.5, 0.6) is 5.75 Å². The van der Waals surface area contributed by atoms with Crippen LogP contribution in [0.15, 0.2) is 24.3 Å². The Bertz CT molecular complexity index is 1140. The van der Waals surface area contributed by atoms with Crippen LogP contribution in [0.25, 0.3) is 11.3 Å². The molecule has 8 nitrogen and oxygen atoms in total. The molecule has 0 saturated carbocycles. The maximum Gasteiger partial charge on any atom is 0.387 e. The van der Waals surface area contributed by atoms with E-state index in [1.807, 2.05) is 6.92 Å². The van der Waals surface area contributed by atoms with E-state index in [0.29, 0.717) is 33.2 Å². The zero-order valence-corrected chi connectivity index (χ0v) is 19.3. The van der Waals surface area contributed by atoms with Gasteiger partial charge >= 0.3 is 12.6 Å². The van der Waals surface area contributed by atoms with Crippen molar-refractivity contribution in [3.63, 3.8) is 0 Å². The van der Waals surface area contributed by atoms with Crippen LogP contribution >= 0.6 is 11.3 Å². The largest absolute Gasteiger partial charge is 0.460 e. The summed E-state index contributed by atoms with van der Waals surface area (Å²) in [5.41, 5.74) is 2.82. The minimum absolute atomic E-state index is 0.0456. The number of alkyl halides is 2. The molecule has 0 radical (unpaired) electrons.